The molecule has 0 aromatic heterocycles. The van der Waals surface area contributed by atoms with E-state index in [9.17, 15) is 4.79 Å². The highest BCUT2D eigenvalue weighted by molar-refractivity contribution is 6.44. The summed E-state index contributed by atoms with van der Waals surface area (Å²) in [6.45, 7) is 3.75. The summed E-state index contributed by atoms with van der Waals surface area (Å²) in [6, 6.07) is 11.0. The van der Waals surface area contributed by atoms with Crippen LogP contribution in [-0.4, -0.2) is 25.7 Å². The van der Waals surface area contributed by atoms with Gasteiger partial charge in [-0.2, -0.15) is 0 Å². The number of halogens is 2. The second-order valence-electron chi connectivity index (χ2n) is 6.39. The van der Waals surface area contributed by atoms with E-state index in [4.69, 9.17) is 37.4 Å². The minimum atomic E-state index is -1.44. The highest BCUT2D eigenvalue weighted by Crippen LogP contribution is 2.50. The molecule has 0 atom stereocenters. The molecule has 1 saturated heterocycles. The number of ether oxygens (including phenoxy) is 3. The molecule has 4 rings (SSSR count). The second-order valence-corrected chi connectivity index (χ2v) is 7.18. The van der Waals surface area contributed by atoms with Crippen molar-refractivity contribution in [3.05, 3.63) is 57.6 Å². The van der Waals surface area contributed by atoms with E-state index in [2.05, 4.69) is 0 Å². The number of amides is 1. The first kappa shape index (κ1) is 18.6. The van der Waals surface area contributed by atoms with Crippen LogP contribution in [0, 0.1) is 0 Å². The molecular weight excluding hydrogens is 389 g/mol. The number of hydrogen-bond donors (Lipinski definition) is 0. The van der Waals surface area contributed by atoms with Crippen molar-refractivity contribution in [2.24, 2.45) is 0 Å². The lowest BCUT2D eigenvalue weighted by Gasteiger charge is -2.32. The van der Waals surface area contributed by atoms with Gasteiger partial charge in [0.05, 0.1) is 42.1 Å². The van der Waals surface area contributed by atoms with E-state index < -0.39 is 5.79 Å². The topological polar surface area (TPSA) is 48.0 Å². The number of hydrogen-bond acceptors (Lipinski definition) is 4. The number of rotatable bonds is 4. The Kier molecular flexibility index (Phi) is 5.03. The third-order valence-electron chi connectivity index (χ3n) is 4.69. The molecule has 2 heterocycles. The van der Waals surface area contributed by atoms with Crippen molar-refractivity contribution in [2.75, 3.05) is 24.7 Å². The molecule has 2 aromatic rings. The van der Waals surface area contributed by atoms with Gasteiger partial charge in [0.25, 0.3) is 11.7 Å². The largest absolute Gasteiger partial charge is 0.494 e. The van der Waals surface area contributed by atoms with Crippen LogP contribution in [0.25, 0.3) is 0 Å². The van der Waals surface area contributed by atoms with Crippen LogP contribution in [0.1, 0.15) is 24.5 Å². The van der Waals surface area contributed by atoms with Gasteiger partial charge in [0.2, 0.25) is 0 Å². The molecule has 0 saturated carbocycles. The Bertz CT molecular complexity index is 863. The van der Waals surface area contributed by atoms with Crippen molar-refractivity contribution < 1.29 is 19.0 Å². The fourth-order valence-corrected chi connectivity index (χ4v) is 3.89. The first-order chi connectivity index (χ1) is 13.1. The molecule has 7 heteroatoms. The number of benzene rings is 2. The summed E-state index contributed by atoms with van der Waals surface area (Å²) in [5, 5.41) is 0.705. The van der Waals surface area contributed by atoms with E-state index in [1.54, 1.807) is 17.0 Å². The predicted octanol–water partition coefficient (Wildman–Crippen LogP) is 4.53. The zero-order valence-corrected chi connectivity index (χ0v) is 16.3. The fraction of sp³-hybridized carbons (Fsp3) is 0.350. The van der Waals surface area contributed by atoms with E-state index in [0.29, 0.717) is 47.7 Å². The van der Waals surface area contributed by atoms with Gasteiger partial charge in [-0.1, -0.05) is 35.3 Å². The summed E-state index contributed by atoms with van der Waals surface area (Å²) >= 11 is 12.7. The summed E-state index contributed by atoms with van der Waals surface area (Å²) in [4.78, 5) is 14.9. The normalized spacial score (nSPS) is 18.0. The molecule has 0 N–H and O–H groups in total. The molecule has 1 fully saturated rings. The standard InChI is InChI=1S/C20H19Cl2NO4/c1-2-25-14-6-4-13(5-7-14)12-23-18-15(8-9-16(21)17(18)22)20(19(23)24)26-10-3-11-27-20/h4-9H,2-3,10-12H2,1H3. The summed E-state index contributed by atoms with van der Waals surface area (Å²) < 4.78 is 17.2. The van der Waals surface area contributed by atoms with E-state index in [1.807, 2.05) is 31.2 Å². The van der Waals surface area contributed by atoms with Gasteiger partial charge in [-0.15, -0.1) is 0 Å². The minimum absolute atomic E-state index is 0.282. The van der Waals surface area contributed by atoms with Crippen LogP contribution >= 0.6 is 23.2 Å². The van der Waals surface area contributed by atoms with Gasteiger partial charge < -0.3 is 19.1 Å². The molecule has 5 nitrogen and oxygen atoms in total. The smallest absolute Gasteiger partial charge is 0.292 e. The number of carbonyl (C=O) groups excluding carboxylic acids is 1. The maximum absolute atomic E-state index is 13.3. The Labute approximate surface area is 167 Å². The van der Waals surface area contributed by atoms with Crippen molar-refractivity contribution >= 4 is 34.8 Å². The van der Waals surface area contributed by atoms with Gasteiger partial charge in [0.15, 0.2) is 0 Å². The molecule has 27 heavy (non-hydrogen) atoms. The summed E-state index contributed by atoms with van der Waals surface area (Å²) in [5.74, 6) is -0.936. The van der Waals surface area contributed by atoms with Crippen molar-refractivity contribution in [3.63, 3.8) is 0 Å². The minimum Gasteiger partial charge on any atom is -0.494 e. The molecule has 0 bridgehead atoms. The van der Waals surface area contributed by atoms with Gasteiger partial charge in [0.1, 0.15) is 5.75 Å². The van der Waals surface area contributed by atoms with E-state index in [-0.39, 0.29) is 5.91 Å². The Hall–Kier alpha value is -1.79. The highest BCUT2D eigenvalue weighted by Gasteiger charge is 2.55. The molecule has 142 valence electrons. The lowest BCUT2D eigenvalue weighted by atomic mass is 10.1. The van der Waals surface area contributed by atoms with E-state index >= 15 is 0 Å². The zero-order chi connectivity index (χ0) is 19.0. The molecule has 1 spiro atoms. The average molecular weight is 408 g/mol. The SMILES string of the molecule is CCOc1ccc(CN2C(=O)C3(OCCCO3)c3ccc(Cl)c(Cl)c32)cc1. The van der Waals surface area contributed by atoms with Gasteiger partial charge in [-0.25, -0.2) is 0 Å². The van der Waals surface area contributed by atoms with Gasteiger partial charge in [-0.3, -0.25) is 4.79 Å². The van der Waals surface area contributed by atoms with Gasteiger partial charge in [0, 0.05) is 5.56 Å². The van der Waals surface area contributed by atoms with Gasteiger partial charge in [-0.05, 0) is 43.2 Å². The Morgan fingerprint density at radius 2 is 1.81 bits per heavy atom. The van der Waals surface area contributed by atoms with Crippen LogP contribution in [0.15, 0.2) is 36.4 Å². The Balaban J connectivity index is 1.73. The van der Waals surface area contributed by atoms with Gasteiger partial charge >= 0.3 is 0 Å². The van der Waals surface area contributed by atoms with Crippen molar-refractivity contribution in [1.82, 2.24) is 0 Å². The second kappa shape index (κ2) is 7.32. The number of anilines is 1. The van der Waals surface area contributed by atoms with Crippen LogP contribution in [0.2, 0.25) is 10.0 Å². The summed E-state index contributed by atoms with van der Waals surface area (Å²) in [6.07, 6.45) is 0.741. The van der Waals surface area contributed by atoms with Crippen LogP contribution in [0.4, 0.5) is 5.69 Å². The van der Waals surface area contributed by atoms with E-state index in [1.165, 1.54) is 0 Å². The molecule has 0 aliphatic carbocycles. The molecule has 0 radical (unpaired) electrons. The fourth-order valence-electron chi connectivity index (χ4n) is 3.47. The third kappa shape index (κ3) is 3.09. The number of nitrogens with zero attached hydrogens (tertiary/aromatic N) is 1. The third-order valence-corrected chi connectivity index (χ3v) is 5.49. The molecular formula is C20H19Cl2NO4. The number of carbonyl (C=O) groups is 1. The Morgan fingerprint density at radius 1 is 1.11 bits per heavy atom. The lowest BCUT2D eigenvalue weighted by Crippen LogP contribution is -2.47. The van der Waals surface area contributed by atoms with Crippen molar-refractivity contribution in [3.8, 4) is 5.75 Å². The molecule has 0 unspecified atom stereocenters. The number of fused-ring (bicyclic) bond motifs is 2. The van der Waals surface area contributed by atoms with Crippen LogP contribution in [0.3, 0.4) is 0 Å². The first-order valence-corrected chi connectivity index (χ1v) is 9.62. The Morgan fingerprint density at radius 3 is 2.48 bits per heavy atom. The molecule has 1 amide bonds. The average Bonchev–Trinajstić information content (AvgIpc) is 2.90. The van der Waals surface area contributed by atoms with Crippen LogP contribution < -0.4 is 9.64 Å². The molecule has 2 aliphatic rings. The lowest BCUT2D eigenvalue weighted by molar-refractivity contribution is -0.256. The summed E-state index contributed by atoms with van der Waals surface area (Å²) in [7, 11) is 0. The van der Waals surface area contributed by atoms with Crippen LogP contribution in [0.5, 0.6) is 5.75 Å². The molecule has 2 aliphatic heterocycles. The zero-order valence-electron chi connectivity index (χ0n) is 14.8. The maximum atomic E-state index is 13.3. The highest BCUT2D eigenvalue weighted by atomic mass is 35.5. The quantitative estimate of drug-likeness (QED) is 0.746. The van der Waals surface area contributed by atoms with Crippen molar-refractivity contribution in [1.29, 1.82) is 0 Å². The predicted molar refractivity (Wildman–Crippen MR) is 103 cm³/mol. The van der Waals surface area contributed by atoms with Crippen molar-refractivity contribution in [2.45, 2.75) is 25.7 Å². The monoisotopic (exact) mass is 407 g/mol. The molecule has 2 aromatic carbocycles. The summed E-state index contributed by atoms with van der Waals surface area (Å²) in [5.41, 5.74) is 2.08. The van der Waals surface area contributed by atoms with Crippen LogP contribution in [-0.2, 0) is 26.6 Å². The van der Waals surface area contributed by atoms with E-state index in [0.717, 1.165) is 17.7 Å². The maximum Gasteiger partial charge on any atom is 0.292 e. The first-order valence-electron chi connectivity index (χ1n) is 8.87.